The Kier molecular flexibility index (Phi) is 6.66. The molecule has 2 aliphatic rings. The van der Waals surface area contributed by atoms with Crippen molar-refractivity contribution in [2.75, 3.05) is 51.4 Å². The Hall–Kier alpha value is -1.72. The molecule has 2 aliphatic heterocycles. The van der Waals surface area contributed by atoms with Crippen LogP contribution in [0.25, 0.3) is 0 Å². The summed E-state index contributed by atoms with van der Waals surface area (Å²) in [4.78, 5) is 14.6. The summed E-state index contributed by atoms with van der Waals surface area (Å²) in [6.45, 7) is 5.07. The quantitative estimate of drug-likeness (QED) is 0.629. The third kappa shape index (κ3) is 5.63. The van der Waals surface area contributed by atoms with Gasteiger partial charge in [-0.05, 0) is 30.7 Å². The van der Waals surface area contributed by atoms with Crippen LogP contribution in [0, 0.1) is 5.92 Å². The maximum absolute atomic E-state index is 12.3. The number of carbonyl (C=O) groups is 1. The molecule has 0 aliphatic carbocycles. The average molecular weight is 398 g/mol. The molecule has 150 valence electrons. The Labute approximate surface area is 159 Å². The van der Waals surface area contributed by atoms with Crippen molar-refractivity contribution < 1.29 is 22.7 Å². The summed E-state index contributed by atoms with van der Waals surface area (Å²) < 4.78 is 33.5. The summed E-state index contributed by atoms with van der Waals surface area (Å²) in [5.74, 6) is 0.387. The number of carbonyl (C=O) groups excluding carboxylic acids is 1. The van der Waals surface area contributed by atoms with Crippen LogP contribution in [0.5, 0.6) is 0 Å². The van der Waals surface area contributed by atoms with Gasteiger partial charge < -0.3 is 20.1 Å². The number of urea groups is 1. The summed E-state index contributed by atoms with van der Waals surface area (Å²) in [5, 5.41) is 10.7. The predicted molar refractivity (Wildman–Crippen MR) is 99.9 cm³/mol. The summed E-state index contributed by atoms with van der Waals surface area (Å²) in [7, 11) is -3.75. The van der Waals surface area contributed by atoms with Crippen molar-refractivity contribution in [2.45, 2.75) is 17.4 Å². The number of anilines is 1. The molecular weight excluding hydrogens is 372 g/mol. The van der Waals surface area contributed by atoms with Gasteiger partial charge in [-0.15, -0.1) is 0 Å². The van der Waals surface area contributed by atoms with Crippen LogP contribution >= 0.6 is 0 Å². The first-order valence-electron chi connectivity index (χ1n) is 9.01. The van der Waals surface area contributed by atoms with E-state index in [1.54, 1.807) is 0 Å². The zero-order valence-electron chi connectivity index (χ0n) is 15.1. The Balaban J connectivity index is 1.55. The van der Waals surface area contributed by atoms with Crippen molar-refractivity contribution in [2.24, 2.45) is 11.1 Å². The van der Waals surface area contributed by atoms with E-state index in [0.717, 1.165) is 26.1 Å². The lowest BCUT2D eigenvalue weighted by Crippen LogP contribution is -2.52. The van der Waals surface area contributed by atoms with Gasteiger partial charge in [0, 0.05) is 43.9 Å². The molecule has 2 unspecified atom stereocenters. The number of primary sulfonamides is 1. The smallest absolute Gasteiger partial charge is 0.319 e. The summed E-state index contributed by atoms with van der Waals surface area (Å²) in [6.07, 6.45) is 0.986. The maximum Gasteiger partial charge on any atom is 0.319 e. The molecule has 2 fully saturated rings. The van der Waals surface area contributed by atoms with Crippen LogP contribution < -0.4 is 15.8 Å². The Morgan fingerprint density at radius 1 is 1.19 bits per heavy atom. The van der Waals surface area contributed by atoms with Crippen LogP contribution in [0.15, 0.2) is 29.2 Å². The number of amides is 2. The topological polar surface area (TPSA) is 123 Å². The fourth-order valence-corrected chi connectivity index (χ4v) is 3.98. The van der Waals surface area contributed by atoms with E-state index in [0.29, 0.717) is 38.0 Å². The number of morpholine rings is 1. The molecule has 1 aromatic carbocycles. The van der Waals surface area contributed by atoms with Crippen LogP contribution in [-0.2, 0) is 19.5 Å². The lowest BCUT2D eigenvalue weighted by Gasteiger charge is -2.37. The van der Waals surface area contributed by atoms with E-state index in [1.165, 1.54) is 24.3 Å². The van der Waals surface area contributed by atoms with Gasteiger partial charge in [0.1, 0.15) is 0 Å². The minimum Gasteiger partial charge on any atom is -0.381 e. The Morgan fingerprint density at radius 2 is 1.89 bits per heavy atom. The SMILES string of the molecule is NS(=O)(=O)c1ccc(NC(=O)NCC(C2CCOC2)N2CCOCC2)cc1. The van der Waals surface area contributed by atoms with E-state index in [4.69, 9.17) is 14.6 Å². The molecule has 2 atom stereocenters. The van der Waals surface area contributed by atoms with E-state index in [1.807, 2.05) is 0 Å². The molecule has 27 heavy (non-hydrogen) atoms. The van der Waals surface area contributed by atoms with Crippen molar-refractivity contribution in [3.05, 3.63) is 24.3 Å². The van der Waals surface area contributed by atoms with Crippen molar-refractivity contribution in [3.8, 4) is 0 Å². The number of hydrogen-bond acceptors (Lipinski definition) is 6. The van der Waals surface area contributed by atoms with E-state index in [-0.39, 0.29) is 17.0 Å². The van der Waals surface area contributed by atoms with Crippen molar-refractivity contribution >= 4 is 21.7 Å². The van der Waals surface area contributed by atoms with Crippen molar-refractivity contribution in [3.63, 3.8) is 0 Å². The van der Waals surface area contributed by atoms with Crippen LogP contribution in [0.1, 0.15) is 6.42 Å². The van der Waals surface area contributed by atoms with Crippen LogP contribution in [0.2, 0.25) is 0 Å². The molecule has 0 saturated carbocycles. The molecule has 0 spiro atoms. The minimum absolute atomic E-state index is 0.00192. The molecule has 10 heteroatoms. The van der Waals surface area contributed by atoms with Gasteiger partial charge in [0.05, 0.1) is 24.7 Å². The highest BCUT2D eigenvalue weighted by Gasteiger charge is 2.31. The minimum atomic E-state index is -3.75. The van der Waals surface area contributed by atoms with Crippen molar-refractivity contribution in [1.29, 1.82) is 0 Å². The highest BCUT2D eigenvalue weighted by Crippen LogP contribution is 2.22. The van der Waals surface area contributed by atoms with Gasteiger partial charge in [-0.25, -0.2) is 18.4 Å². The first kappa shape index (κ1) is 20.0. The fraction of sp³-hybridized carbons (Fsp3) is 0.588. The van der Waals surface area contributed by atoms with Gasteiger partial charge in [-0.3, -0.25) is 4.90 Å². The number of nitrogens with zero attached hydrogens (tertiary/aromatic N) is 1. The third-order valence-electron chi connectivity index (χ3n) is 4.94. The molecule has 2 heterocycles. The number of sulfonamides is 1. The number of benzene rings is 1. The normalized spacial score (nSPS) is 22.3. The van der Waals surface area contributed by atoms with E-state index < -0.39 is 10.0 Å². The molecular formula is C17H26N4O5S. The van der Waals surface area contributed by atoms with E-state index >= 15 is 0 Å². The maximum atomic E-state index is 12.3. The van der Waals surface area contributed by atoms with E-state index in [2.05, 4.69) is 15.5 Å². The molecule has 3 rings (SSSR count). The number of nitrogens with two attached hydrogens (primary N) is 1. The molecule has 0 bridgehead atoms. The lowest BCUT2D eigenvalue weighted by molar-refractivity contribution is 0.00222. The second kappa shape index (κ2) is 8.98. The van der Waals surface area contributed by atoms with Gasteiger partial charge >= 0.3 is 6.03 Å². The third-order valence-corrected chi connectivity index (χ3v) is 5.87. The molecule has 2 amide bonds. The monoisotopic (exact) mass is 398 g/mol. The molecule has 2 saturated heterocycles. The molecule has 4 N–H and O–H groups in total. The molecule has 1 aromatic rings. The summed E-state index contributed by atoms with van der Waals surface area (Å²) in [5.41, 5.74) is 0.493. The highest BCUT2D eigenvalue weighted by atomic mass is 32.2. The van der Waals surface area contributed by atoms with Gasteiger partial charge in [-0.1, -0.05) is 0 Å². The number of rotatable bonds is 6. The second-order valence-corrected chi connectivity index (χ2v) is 8.31. The van der Waals surface area contributed by atoms with Crippen LogP contribution in [0.4, 0.5) is 10.5 Å². The highest BCUT2D eigenvalue weighted by molar-refractivity contribution is 7.89. The molecule has 9 nitrogen and oxygen atoms in total. The van der Waals surface area contributed by atoms with Gasteiger partial charge in [0.25, 0.3) is 0 Å². The van der Waals surface area contributed by atoms with Crippen molar-refractivity contribution in [1.82, 2.24) is 10.2 Å². The standard InChI is InChI=1S/C17H26N4O5S/c18-27(23,24)15-3-1-14(2-4-15)20-17(22)19-11-16(13-5-8-26-12-13)21-6-9-25-10-7-21/h1-4,13,16H,5-12H2,(H2,18,23,24)(H2,19,20,22). The molecule has 0 aromatic heterocycles. The van der Waals surface area contributed by atoms with E-state index in [9.17, 15) is 13.2 Å². The molecule has 0 radical (unpaired) electrons. The average Bonchev–Trinajstić information content (AvgIpc) is 3.17. The first-order chi connectivity index (χ1) is 12.9. The second-order valence-electron chi connectivity index (χ2n) is 6.74. The van der Waals surface area contributed by atoms with Gasteiger partial charge in [-0.2, -0.15) is 0 Å². The Morgan fingerprint density at radius 3 is 2.48 bits per heavy atom. The fourth-order valence-electron chi connectivity index (χ4n) is 3.46. The number of ether oxygens (including phenoxy) is 2. The van der Waals surface area contributed by atoms with Gasteiger partial charge in [0.15, 0.2) is 0 Å². The predicted octanol–water partition coefficient (Wildman–Crippen LogP) is 0.193. The zero-order chi connectivity index (χ0) is 19.3. The Bertz CT molecular complexity index is 728. The summed E-state index contributed by atoms with van der Waals surface area (Å²) >= 11 is 0. The number of nitrogens with one attached hydrogen (secondary N) is 2. The lowest BCUT2D eigenvalue weighted by atomic mass is 9.97. The van der Waals surface area contributed by atoms with Crippen LogP contribution in [0.3, 0.4) is 0 Å². The van der Waals surface area contributed by atoms with Gasteiger partial charge in [0.2, 0.25) is 10.0 Å². The van der Waals surface area contributed by atoms with Crippen LogP contribution in [-0.4, -0.2) is 71.5 Å². The zero-order valence-corrected chi connectivity index (χ0v) is 15.9. The summed E-state index contributed by atoms with van der Waals surface area (Å²) in [6, 6.07) is 5.59. The number of hydrogen-bond donors (Lipinski definition) is 3. The first-order valence-corrected chi connectivity index (χ1v) is 10.6. The largest absolute Gasteiger partial charge is 0.381 e.